The number of carbonyl (C=O) groups is 1. The summed E-state index contributed by atoms with van der Waals surface area (Å²) in [5, 5.41) is 9.30. The molecule has 0 spiro atoms. The van der Waals surface area contributed by atoms with Crippen LogP contribution in [0, 0.1) is 18.8 Å². The minimum absolute atomic E-state index is 0.0168. The lowest BCUT2D eigenvalue weighted by atomic mass is 9.87. The molecule has 118 valence electrons. The molecule has 1 N–H and O–H groups in total. The zero-order valence-corrected chi connectivity index (χ0v) is 13.4. The van der Waals surface area contributed by atoms with Gasteiger partial charge in [-0.05, 0) is 25.5 Å². The maximum Gasteiger partial charge on any atom is 0.304 e. The monoisotopic (exact) mass is 308 g/mol. The molecule has 3 nitrogen and oxygen atoms in total. The van der Waals surface area contributed by atoms with Crippen molar-refractivity contribution in [1.82, 2.24) is 0 Å². The number of rotatable bonds is 6. The summed E-state index contributed by atoms with van der Waals surface area (Å²) < 4.78 is 5.72. The number of para-hydroxylation sites is 1. The number of aliphatic carboxylic acids is 1. The van der Waals surface area contributed by atoms with Gasteiger partial charge in [-0.1, -0.05) is 53.9 Å². The molecule has 0 saturated heterocycles. The highest BCUT2D eigenvalue weighted by molar-refractivity contribution is 5.69. The van der Waals surface area contributed by atoms with E-state index in [1.54, 1.807) is 6.92 Å². The molecule has 0 aliphatic carbocycles. The quantitative estimate of drug-likeness (QED) is 0.820. The number of benzene rings is 2. The van der Waals surface area contributed by atoms with Crippen molar-refractivity contribution in [1.29, 1.82) is 0 Å². The lowest BCUT2D eigenvalue weighted by Crippen LogP contribution is -2.10. The van der Waals surface area contributed by atoms with Crippen molar-refractivity contribution in [3.05, 3.63) is 65.2 Å². The average molecular weight is 308 g/mol. The van der Waals surface area contributed by atoms with Crippen LogP contribution in [0.1, 0.15) is 36.0 Å². The van der Waals surface area contributed by atoms with Gasteiger partial charge in [-0.3, -0.25) is 4.79 Å². The highest BCUT2D eigenvalue weighted by Crippen LogP contribution is 2.34. The molecular weight excluding hydrogens is 288 g/mol. The molecule has 2 aromatic rings. The summed E-state index contributed by atoms with van der Waals surface area (Å²) in [5.74, 6) is 5.25. The first-order valence-electron chi connectivity index (χ1n) is 7.51. The number of aryl methyl sites for hydroxylation is 1. The molecule has 0 heterocycles. The lowest BCUT2D eigenvalue weighted by molar-refractivity contribution is -0.137. The summed E-state index contributed by atoms with van der Waals surface area (Å²) in [6, 6.07) is 15.5. The van der Waals surface area contributed by atoms with Gasteiger partial charge in [0.15, 0.2) is 0 Å². The van der Waals surface area contributed by atoms with Gasteiger partial charge in [0, 0.05) is 11.5 Å². The highest BCUT2D eigenvalue weighted by Gasteiger charge is 2.21. The second-order valence-corrected chi connectivity index (χ2v) is 5.31. The third kappa shape index (κ3) is 4.62. The third-order valence-electron chi connectivity index (χ3n) is 3.63. The molecular formula is C20H20O3. The zero-order valence-electron chi connectivity index (χ0n) is 13.4. The van der Waals surface area contributed by atoms with Crippen LogP contribution in [0.25, 0.3) is 0 Å². The second kappa shape index (κ2) is 8.05. The number of carboxylic acid groups (broad SMARTS) is 1. The molecule has 0 aliphatic heterocycles. The fourth-order valence-electron chi connectivity index (χ4n) is 2.47. The molecule has 0 bridgehead atoms. The summed E-state index contributed by atoms with van der Waals surface area (Å²) in [5.41, 5.74) is 2.98. The van der Waals surface area contributed by atoms with E-state index in [9.17, 15) is 9.90 Å². The van der Waals surface area contributed by atoms with Crippen molar-refractivity contribution < 1.29 is 14.6 Å². The summed E-state index contributed by atoms with van der Waals surface area (Å²) in [6.07, 6.45) is 0.0168. The minimum Gasteiger partial charge on any atom is -0.481 e. The molecule has 0 aromatic heterocycles. The Bertz CT molecular complexity index is 721. The Morgan fingerprint density at radius 3 is 2.52 bits per heavy atom. The van der Waals surface area contributed by atoms with Crippen LogP contribution in [0.4, 0.5) is 0 Å². The van der Waals surface area contributed by atoms with Crippen molar-refractivity contribution in [2.75, 3.05) is 6.61 Å². The van der Waals surface area contributed by atoms with Crippen LogP contribution in [-0.4, -0.2) is 17.7 Å². The van der Waals surface area contributed by atoms with E-state index in [4.69, 9.17) is 4.74 Å². The highest BCUT2D eigenvalue weighted by atomic mass is 16.5. The van der Waals surface area contributed by atoms with E-state index in [-0.39, 0.29) is 12.3 Å². The zero-order chi connectivity index (χ0) is 16.7. The molecule has 0 radical (unpaired) electrons. The molecule has 1 atom stereocenters. The number of hydrogen-bond donors (Lipinski definition) is 1. The van der Waals surface area contributed by atoms with Gasteiger partial charge in [-0.15, -0.1) is 5.92 Å². The van der Waals surface area contributed by atoms with Gasteiger partial charge >= 0.3 is 5.97 Å². The Kier molecular flexibility index (Phi) is 5.82. The molecule has 23 heavy (non-hydrogen) atoms. The van der Waals surface area contributed by atoms with Crippen molar-refractivity contribution in [2.24, 2.45) is 0 Å². The summed E-state index contributed by atoms with van der Waals surface area (Å²) in [4.78, 5) is 11.3. The van der Waals surface area contributed by atoms with E-state index in [0.29, 0.717) is 12.4 Å². The second-order valence-electron chi connectivity index (χ2n) is 5.31. The first kappa shape index (κ1) is 16.6. The Balaban J connectivity index is 2.40. The largest absolute Gasteiger partial charge is 0.481 e. The third-order valence-corrected chi connectivity index (χ3v) is 3.63. The number of hydrogen-bond acceptors (Lipinski definition) is 2. The summed E-state index contributed by atoms with van der Waals surface area (Å²) in [7, 11) is 0. The van der Waals surface area contributed by atoms with E-state index >= 15 is 0 Å². The first-order valence-corrected chi connectivity index (χ1v) is 7.51. The topological polar surface area (TPSA) is 46.5 Å². The van der Waals surface area contributed by atoms with Crippen LogP contribution < -0.4 is 4.74 Å². The van der Waals surface area contributed by atoms with Crippen molar-refractivity contribution >= 4 is 5.97 Å². The number of carboxylic acids is 1. The first-order chi connectivity index (χ1) is 11.1. The Labute approximate surface area is 136 Å². The molecule has 0 amide bonds. The molecule has 1 unspecified atom stereocenters. The average Bonchev–Trinajstić information content (AvgIpc) is 2.54. The van der Waals surface area contributed by atoms with Gasteiger partial charge in [0.2, 0.25) is 0 Å². The smallest absolute Gasteiger partial charge is 0.304 e. The molecule has 0 aliphatic rings. The van der Waals surface area contributed by atoms with Crippen molar-refractivity contribution in [2.45, 2.75) is 26.2 Å². The summed E-state index contributed by atoms with van der Waals surface area (Å²) in [6.45, 7) is 4.06. The maximum atomic E-state index is 11.3. The van der Waals surface area contributed by atoms with E-state index < -0.39 is 5.97 Å². The molecule has 0 saturated carbocycles. The Hall–Kier alpha value is -2.73. The SMILES string of the molecule is CC#CCOc1ccccc1C(CC(=O)O)c1ccc(C)cc1. The van der Waals surface area contributed by atoms with Gasteiger partial charge in [-0.25, -0.2) is 0 Å². The van der Waals surface area contributed by atoms with Crippen LogP contribution in [0.15, 0.2) is 48.5 Å². The maximum absolute atomic E-state index is 11.3. The van der Waals surface area contributed by atoms with Gasteiger partial charge in [0.25, 0.3) is 0 Å². The number of ether oxygens (including phenoxy) is 1. The van der Waals surface area contributed by atoms with Crippen molar-refractivity contribution in [3.8, 4) is 17.6 Å². The van der Waals surface area contributed by atoms with E-state index in [1.807, 2.05) is 55.5 Å². The molecule has 0 fully saturated rings. The van der Waals surface area contributed by atoms with Gasteiger partial charge in [0.1, 0.15) is 12.4 Å². The standard InChI is InChI=1S/C20H20O3/c1-3-4-13-23-19-8-6-5-7-17(19)18(14-20(21)22)16-11-9-15(2)10-12-16/h5-12,18H,13-14H2,1-2H3,(H,21,22). The molecule has 2 aromatic carbocycles. The minimum atomic E-state index is -0.835. The van der Waals surface area contributed by atoms with Crippen molar-refractivity contribution in [3.63, 3.8) is 0 Å². The van der Waals surface area contributed by atoms with Crippen LogP contribution >= 0.6 is 0 Å². The summed E-state index contributed by atoms with van der Waals surface area (Å²) >= 11 is 0. The normalized spacial score (nSPS) is 11.2. The predicted molar refractivity (Wildman–Crippen MR) is 90.7 cm³/mol. The van der Waals surface area contributed by atoms with Gasteiger partial charge < -0.3 is 9.84 Å². The van der Waals surface area contributed by atoms with Crippen LogP contribution in [0.2, 0.25) is 0 Å². The van der Waals surface area contributed by atoms with Gasteiger partial charge in [-0.2, -0.15) is 0 Å². The fraction of sp³-hybridized carbons (Fsp3) is 0.250. The molecule has 3 heteroatoms. The van der Waals surface area contributed by atoms with Crippen LogP contribution in [0.3, 0.4) is 0 Å². The van der Waals surface area contributed by atoms with E-state index in [1.165, 1.54) is 0 Å². The van der Waals surface area contributed by atoms with Crippen LogP contribution in [0.5, 0.6) is 5.75 Å². The van der Waals surface area contributed by atoms with Gasteiger partial charge in [0.05, 0.1) is 6.42 Å². The fourth-order valence-corrected chi connectivity index (χ4v) is 2.47. The Morgan fingerprint density at radius 2 is 1.87 bits per heavy atom. The lowest BCUT2D eigenvalue weighted by Gasteiger charge is -2.19. The predicted octanol–water partition coefficient (Wildman–Crippen LogP) is 4.00. The van der Waals surface area contributed by atoms with E-state index in [2.05, 4.69) is 11.8 Å². The van der Waals surface area contributed by atoms with Crippen LogP contribution in [-0.2, 0) is 4.79 Å². The Morgan fingerprint density at radius 1 is 1.17 bits per heavy atom. The molecule has 2 rings (SSSR count). The van der Waals surface area contributed by atoms with E-state index in [0.717, 1.165) is 16.7 Å².